The van der Waals surface area contributed by atoms with Gasteiger partial charge in [0.05, 0.1) is 30.0 Å². The number of methoxy groups -OCH3 is 1. The number of carbonyl (C=O) groups excluding carboxylic acids is 2. The normalized spacial score (nSPS) is 18.5. The van der Waals surface area contributed by atoms with Crippen LogP contribution in [0.1, 0.15) is 28.6 Å². The summed E-state index contributed by atoms with van der Waals surface area (Å²) in [6.45, 7) is 4.49. The van der Waals surface area contributed by atoms with E-state index in [0.717, 1.165) is 0 Å². The Morgan fingerprint density at radius 2 is 1.90 bits per heavy atom. The Labute approximate surface area is 176 Å². The van der Waals surface area contributed by atoms with E-state index in [9.17, 15) is 14.7 Å². The number of aromatic nitrogens is 2. The molecule has 1 saturated heterocycles. The molecule has 3 rings (SSSR count). The highest BCUT2D eigenvalue weighted by Crippen LogP contribution is 2.43. The molecule has 1 N–H and O–H groups in total. The average Bonchev–Trinajstić information content (AvgIpc) is 3.11. The first kappa shape index (κ1) is 21.6. The van der Waals surface area contributed by atoms with Crippen LogP contribution in [0.25, 0.3) is 5.76 Å². The van der Waals surface area contributed by atoms with Gasteiger partial charge in [-0.2, -0.15) is 5.10 Å². The van der Waals surface area contributed by atoms with Crippen molar-refractivity contribution >= 4 is 17.4 Å². The molecule has 0 bridgehead atoms. The molecule has 0 saturated carbocycles. The molecule has 30 heavy (non-hydrogen) atoms. The van der Waals surface area contributed by atoms with E-state index in [4.69, 9.17) is 4.74 Å². The van der Waals surface area contributed by atoms with E-state index in [0.29, 0.717) is 41.4 Å². The maximum Gasteiger partial charge on any atom is 0.295 e. The van der Waals surface area contributed by atoms with E-state index in [1.807, 2.05) is 44.1 Å². The SMILES string of the molecule is COc1ccccc1[C@@H]1C(=C(O)c2c(C)nn(C)c2C)C(=O)C(=O)N1CCN(C)C. The first-order valence-electron chi connectivity index (χ1n) is 9.75. The summed E-state index contributed by atoms with van der Waals surface area (Å²) in [5.74, 6) is -0.997. The number of carbonyl (C=O) groups is 2. The van der Waals surface area contributed by atoms with Gasteiger partial charge in [-0.15, -0.1) is 0 Å². The zero-order valence-corrected chi connectivity index (χ0v) is 18.3. The molecule has 0 spiro atoms. The Kier molecular flexibility index (Phi) is 5.98. The number of ether oxygens (including phenoxy) is 1. The number of Topliss-reactive ketones (excluding diaryl/α,β-unsaturated/α-hetero) is 1. The second-order valence-electron chi connectivity index (χ2n) is 7.71. The lowest BCUT2D eigenvalue weighted by atomic mass is 9.94. The Morgan fingerprint density at radius 3 is 2.47 bits per heavy atom. The Balaban J connectivity index is 2.25. The van der Waals surface area contributed by atoms with Crippen LogP contribution in [0.15, 0.2) is 29.8 Å². The monoisotopic (exact) mass is 412 g/mol. The van der Waals surface area contributed by atoms with E-state index in [1.165, 1.54) is 4.90 Å². The van der Waals surface area contributed by atoms with E-state index >= 15 is 0 Å². The summed E-state index contributed by atoms with van der Waals surface area (Å²) in [5, 5.41) is 15.6. The van der Waals surface area contributed by atoms with Gasteiger partial charge in [0.15, 0.2) is 0 Å². The fourth-order valence-corrected chi connectivity index (χ4v) is 3.89. The number of likely N-dealkylation sites (tertiary alicyclic amines) is 1. The highest BCUT2D eigenvalue weighted by atomic mass is 16.5. The first-order chi connectivity index (χ1) is 14.2. The van der Waals surface area contributed by atoms with Gasteiger partial charge in [0.1, 0.15) is 11.5 Å². The molecular weight excluding hydrogens is 384 g/mol. The van der Waals surface area contributed by atoms with Crippen molar-refractivity contribution in [3.05, 3.63) is 52.4 Å². The largest absolute Gasteiger partial charge is 0.507 e. The van der Waals surface area contributed by atoms with Crippen LogP contribution in [0.2, 0.25) is 0 Å². The number of likely N-dealkylation sites (N-methyl/N-ethyl adjacent to an activating group) is 1. The van der Waals surface area contributed by atoms with Crippen LogP contribution in [-0.2, 0) is 16.6 Å². The molecular formula is C22H28N4O4. The van der Waals surface area contributed by atoms with Gasteiger partial charge in [0, 0.05) is 31.4 Å². The summed E-state index contributed by atoms with van der Waals surface area (Å²) in [5.41, 5.74) is 2.48. The number of aliphatic hydroxyl groups is 1. The van der Waals surface area contributed by atoms with Crippen molar-refractivity contribution in [2.45, 2.75) is 19.9 Å². The number of benzene rings is 1. The van der Waals surface area contributed by atoms with Crippen molar-refractivity contribution in [3.8, 4) is 5.75 Å². The summed E-state index contributed by atoms with van der Waals surface area (Å²) >= 11 is 0. The average molecular weight is 412 g/mol. The quantitative estimate of drug-likeness (QED) is 0.444. The summed E-state index contributed by atoms with van der Waals surface area (Å²) < 4.78 is 7.15. The Hall–Kier alpha value is -3.13. The molecule has 2 aromatic rings. The number of hydrogen-bond acceptors (Lipinski definition) is 6. The minimum Gasteiger partial charge on any atom is -0.507 e. The smallest absolute Gasteiger partial charge is 0.295 e. The second kappa shape index (κ2) is 8.31. The second-order valence-corrected chi connectivity index (χ2v) is 7.71. The third kappa shape index (κ3) is 3.59. The predicted octanol–water partition coefficient (Wildman–Crippen LogP) is 2.03. The number of aliphatic hydroxyl groups excluding tert-OH is 1. The molecule has 1 aromatic carbocycles. The predicted molar refractivity (Wildman–Crippen MR) is 113 cm³/mol. The van der Waals surface area contributed by atoms with Gasteiger partial charge >= 0.3 is 0 Å². The summed E-state index contributed by atoms with van der Waals surface area (Å²) in [7, 11) is 7.11. The molecule has 0 aliphatic carbocycles. The zero-order valence-electron chi connectivity index (χ0n) is 18.3. The molecule has 1 amide bonds. The van der Waals surface area contributed by atoms with Gasteiger partial charge in [-0.25, -0.2) is 0 Å². The molecule has 1 aliphatic rings. The summed E-state index contributed by atoms with van der Waals surface area (Å²) in [6, 6.07) is 6.49. The molecule has 0 unspecified atom stereocenters. The topological polar surface area (TPSA) is 87.9 Å². The lowest BCUT2D eigenvalue weighted by molar-refractivity contribution is -0.140. The van der Waals surface area contributed by atoms with Crippen molar-refractivity contribution in [3.63, 3.8) is 0 Å². The van der Waals surface area contributed by atoms with Crippen LogP contribution in [0.5, 0.6) is 5.75 Å². The molecule has 2 heterocycles. The van der Waals surface area contributed by atoms with Gasteiger partial charge in [-0.1, -0.05) is 18.2 Å². The zero-order chi connectivity index (χ0) is 22.2. The minimum absolute atomic E-state index is 0.0578. The number of aryl methyl sites for hydroxylation is 2. The molecule has 1 aliphatic heterocycles. The molecule has 8 heteroatoms. The summed E-state index contributed by atoms with van der Waals surface area (Å²) in [4.78, 5) is 29.5. The molecule has 1 fully saturated rings. The van der Waals surface area contributed by atoms with Crippen molar-refractivity contribution in [2.75, 3.05) is 34.3 Å². The van der Waals surface area contributed by atoms with Crippen LogP contribution in [-0.4, -0.2) is 70.7 Å². The van der Waals surface area contributed by atoms with E-state index in [-0.39, 0.29) is 11.3 Å². The van der Waals surface area contributed by atoms with Crippen molar-refractivity contribution < 1.29 is 19.4 Å². The maximum atomic E-state index is 13.1. The van der Waals surface area contributed by atoms with Crippen molar-refractivity contribution in [1.29, 1.82) is 0 Å². The van der Waals surface area contributed by atoms with Crippen LogP contribution in [0.3, 0.4) is 0 Å². The Bertz CT molecular complexity index is 1020. The lowest BCUT2D eigenvalue weighted by Crippen LogP contribution is -2.35. The first-order valence-corrected chi connectivity index (χ1v) is 9.75. The molecule has 160 valence electrons. The maximum absolute atomic E-state index is 13.1. The van der Waals surface area contributed by atoms with Crippen LogP contribution in [0.4, 0.5) is 0 Å². The van der Waals surface area contributed by atoms with Crippen LogP contribution < -0.4 is 4.74 Å². The fourth-order valence-electron chi connectivity index (χ4n) is 3.89. The number of ketones is 1. The van der Waals surface area contributed by atoms with E-state index < -0.39 is 17.7 Å². The minimum atomic E-state index is -0.750. The summed E-state index contributed by atoms with van der Waals surface area (Å²) in [6.07, 6.45) is 0. The Morgan fingerprint density at radius 1 is 1.23 bits per heavy atom. The van der Waals surface area contributed by atoms with Crippen molar-refractivity contribution in [2.24, 2.45) is 7.05 Å². The van der Waals surface area contributed by atoms with Crippen molar-refractivity contribution in [1.82, 2.24) is 19.6 Å². The van der Waals surface area contributed by atoms with Gasteiger partial charge in [-0.05, 0) is 34.0 Å². The highest BCUT2D eigenvalue weighted by molar-refractivity contribution is 6.46. The molecule has 1 atom stereocenters. The van der Waals surface area contributed by atoms with Crippen LogP contribution >= 0.6 is 0 Å². The van der Waals surface area contributed by atoms with Crippen LogP contribution in [0, 0.1) is 13.8 Å². The number of para-hydroxylation sites is 1. The molecule has 0 radical (unpaired) electrons. The standard InChI is InChI=1S/C22H28N4O4/c1-13-17(14(2)25(5)23-13)20(27)18-19(15-9-7-8-10-16(15)30-6)26(12-11-24(3)4)22(29)21(18)28/h7-10,19,27H,11-12H2,1-6H3/t19-/m1/s1. The van der Waals surface area contributed by atoms with E-state index in [2.05, 4.69) is 5.10 Å². The van der Waals surface area contributed by atoms with Gasteiger partial charge in [0.2, 0.25) is 0 Å². The lowest BCUT2D eigenvalue weighted by Gasteiger charge is -2.27. The molecule has 8 nitrogen and oxygen atoms in total. The fraction of sp³-hybridized carbons (Fsp3) is 0.409. The van der Waals surface area contributed by atoms with Gasteiger partial charge in [-0.3, -0.25) is 14.3 Å². The number of amides is 1. The van der Waals surface area contributed by atoms with Gasteiger partial charge in [0.25, 0.3) is 11.7 Å². The molecule has 1 aromatic heterocycles. The number of nitrogens with zero attached hydrogens (tertiary/aromatic N) is 4. The third-order valence-electron chi connectivity index (χ3n) is 5.51. The third-order valence-corrected chi connectivity index (χ3v) is 5.51. The van der Waals surface area contributed by atoms with E-state index in [1.54, 1.807) is 31.8 Å². The number of hydrogen-bond donors (Lipinski definition) is 1. The highest BCUT2D eigenvalue weighted by Gasteiger charge is 2.47. The van der Waals surface area contributed by atoms with Gasteiger partial charge < -0.3 is 19.6 Å². The number of rotatable bonds is 6.